The molecule has 0 bridgehead atoms. The van der Waals surface area contributed by atoms with Crippen molar-refractivity contribution in [2.75, 3.05) is 27.3 Å². The van der Waals surface area contributed by atoms with E-state index in [0.29, 0.717) is 0 Å². The minimum atomic E-state index is -0.0735. The van der Waals surface area contributed by atoms with Gasteiger partial charge >= 0.3 is 0 Å². The molecule has 0 aliphatic carbocycles. The van der Waals surface area contributed by atoms with Crippen LogP contribution in [0.5, 0.6) is 11.5 Å². The Morgan fingerprint density at radius 2 is 1.80 bits per heavy atom. The van der Waals surface area contributed by atoms with Gasteiger partial charge in [-0.3, -0.25) is 4.90 Å². The van der Waals surface area contributed by atoms with E-state index in [1.54, 1.807) is 14.2 Å². The van der Waals surface area contributed by atoms with Crippen LogP contribution in [-0.4, -0.2) is 38.3 Å². The lowest BCUT2D eigenvalue weighted by Gasteiger charge is -2.27. The van der Waals surface area contributed by atoms with Crippen molar-refractivity contribution in [3.8, 4) is 17.6 Å². The largest absolute Gasteiger partial charge is 0.493 e. The van der Waals surface area contributed by atoms with Gasteiger partial charge in [-0.25, -0.2) is 0 Å². The lowest BCUT2D eigenvalue weighted by Crippen LogP contribution is -2.35. The average Bonchev–Trinajstić information content (AvgIpc) is 3.01. The van der Waals surface area contributed by atoms with Gasteiger partial charge in [-0.1, -0.05) is 13.0 Å². The second-order valence-corrected chi connectivity index (χ2v) is 5.22. The standard InChI is InChI=1S/C16H22N2O2/c1-12(14(11-17)18-8-4-5-9-18)13-6-7-15(19-2)16(10-13)20-3/h6-7,10,12,14H,4-5,8-9H2,1-3H3. The van der Waals surface area contributed by atoms with Gasteiger partial charge < -0.3 is 9.47 Å². The highest BCUT2D eigenvalue weighted by molar-refractivity contribution is 5.44. The molecule has 4 heteroatoms. The van der Waals surface area contributed by atoms with Gasteiger partial charge in [-0.2, -0.15) is 5.26 Å². The number of hydrogen-bond acceptors (Lipinski definition) is 4. The van der Waals surface area contributed by atoms with E-state index in [1.807, 2.05) is 18.2 Å². The molecule has 2 rings (SSSR count). The van der Waals surface area contributed by atoms with E-state index in [2.05, 4.69) is 17.9 Å². The fourth-order valence-corrected chi connectivity index (χ4v) is 2.85. The Morgan fingerprint density at radius 1 is 1.15 bits per heavy atom. The van der Waals surface area contributed by atoms with Crippen LogP contribution < -0.4 is 9.47 Å². The molecule has 20 heavy (non-hydrogen) atoms. The Hall–Kier alpha value is -1.73. The molecule has 1 heterocycles. The van der Waals surface area contributed by atoms with Gasteiger partial charge in [0.25, 0.3) is 0 Å². The average molecular weight is 274 g/mol. The van der Waals surface area contributed by atoms with E-state index in [9.17, 15) is 5.26 Å². The summed E-state index contributed by atoms with van der Waals surface area (Å²) < 4.78 is 10.6. The summed E-state index contributed by atoms with van der Waals surface area (Å²) in [4.78, 5) is 2.28. The molecular formula is C16H22N2O2. The lowest BCUT2D eigenvalue weighted by molar-refractivity contribution is 0.263. The maximum atomic E-state index is 9.50. The van der Waals surface area contributed by atoms with Crippen LogP contribution >= 0.6 is 0 Å². The fourth-order valence-electron chi connectivity index (χ4n) is 2.85. The zero-order valence-corrected chi connectivity index (χ0v) is 12.4. The summed E-state index contributed by atoms with van der Waals surface area (Å²) in [7, 11) is 3.26. The van der Waals surface area contributed by atoms with Gasteiger partial charge in [0.1, 0.15) is 6.04 Å². The van der Waals surface area contributed by atoms with Gasteiger partial charge in [-0.15, -0.1) is 0 Å². The number of nitriles is 1. The van der Waals surface area contributed by atoms with Crippen molar-refractivity contribution >= 4 is 0 Å². The van der Waals surface area contributed by atoms with E-state index in [-0.39, 0.29) is 12.0 Å². The summed E-state index contributed by atoms with van der Waals surface area (Å²) in [6.07, 6.45) is 2.38. The van der Waals surface area contributed by atoms with Gasteiger partial charge in [-0.05, 0) is 43.6 Å². The molecule has 2 atom stereocenters. The summed E-state index contributed by atoms with van der Waals surface area (Å²) in [6, 6.07) is 8.29. The molecule has 1 saturated heterocycles. The third-order valence-corrected chi connectivity index (χ3v) is 4.07. The van der Waals surface area contributed by atoms with Crippen LogP contribution in [0.1, 0.15) is 31.2 Å². The van der Waals surface area contributed by atoms with E-state index < -0.39 is 0 Å². The first-order valence-electron chi connectivity index (χ1n) is 7.07. The number of methoxy groups -OCH3 is 2. The summed E-state index contributed by atoms with van der Waals surface area (Å²) in [5.41, 5.74) is 1.11. The van der Waals surface area contributed by atoms with Crippen LogP contribution in [0.2, 0.25) is 0 Å². The summed E-state index contributed by atoms with van der Waals surface area (Å²) in [5, 5.41) is 9.50. The Morgan fingerprint density at radius 3 is 2.35 bits per heavy atom. The van der Waals surface area contributed by atoms with Crippen molar-refractivity contribution in [2.24, 2.45) is 0 Å². The first-order chi connectivity index (χ1) is 9.71. The molecule has 0 saturated carbocycles. The summed E-state index contributed by atoms with van der Waals surface area (Å²) >= 11 is 0. The second kappa shape index (κ2) is 6.62. The van der Waals surface area contributed by atoms with Gasteiger partial charge in [0.15, 0.2) is 11.5 Å². The number of likely N-dealkylation sites (tertiary alicyclic amines) is 1. The molecular weight excluding hydrogens is 252 g/mol. The fraction of sp³-hybridized carbons (Fsp3) is 0.562. The first-order valence-corrected chi connectivity index (χ1v) is 7.07. The molecule has 0 amide bonds. The normalized spacial score (nSPS) is 18.3. The van der Waals surface area contributed by atoms with Crippen LogP contribution in [0.15, 0.2) is 18.2 Å². The van der Waals surface area contributed by atoms with Gasteiger partial charge in [0.2, 0.25) is 0 Å². The van der Waals surface area contributed by atoms with Crippen molar-refractivity contribution in [3.05, 3.63) is 23.8 Å². The number of nitrogens with zero attached hydrogens (tertiary/aromatic N) is 2. The molecule has 2 unspecified atom stereocenters. The smallest absolute Gasteiger partial charge is 0.160 e. The Kier molecular flexibility index (Phi) is 4.86. The topological polar surface area (TPSA) is 45.5 Å². The van der Waals surface area contributed by atoms with E-state index in [0.717, 1.165) is 30.2 Å². The maximum absolute atomic E-state index is 9.50. The zero-order valence-electron chi connectivity index (χ0n) is 12.4. The molecule has 1 aromatic rings. The van der Waals surface area contributed by atoms with Crippen molar-refractivity contribution < 1.29 is 9.47 Å². The van der Waals surface area contributed by atoms with Crippen molar-refractivity contribution in [2.45, 2.75) is 31.7 Å². The predicted octanol–water partition coefficient (Wildman–Crippen LogP) is 2.80. The highest BCUT2D eigenvalue weighted by atomic mass is 16.5. The number of ether oxygens (including phenoxy) is 2. The Labute approximate surface area is 120 Å². The maximum Gasteiger partial charge on any atom is 0.160 e. The van der Waals surface area contributed by atoms with Crippen molar-refractivity contribution in [3.63, 3.8) is 0 Å². The number of hydrogen-bond donors (Lipinski definition) is 0. The summed E-state index contributed by atoms with van der Waals surface area (Å²) in [5.74, 6) is 1.59. The number of rotatable bonds is 5. The van der Waals surface area contributed by atoms with Crippen molar-refractivity contribution in [1.82, 2.24) is 4.90 Å². The molecule has 0 aromatic heterocycles. The Balaban J connectivity index is 2.23. The number of benzene rings is 1. The third kappa shape index (κ3) is 2.88. The van der Waals surface area contributed by atoms with Crippen LogP contribution in [-0.2, 0) is 0 Å². The quantitative estimate of drug-likeness (QED) is 0.828. The van der Waals surface area contributed by atoms with Gasteiger partial charge in [0.05, 0.1) is 20.3 Å². The molecule has 0 radical (unpaired) electrons. The zero-order chi connectivity index (χ0) is 14.5. The molecule has 4 nitrogen and oxygen atoms in total. The summed E-state index contributed by atoms with van der Waals surface area (Å²) in [6.45, 7) is 4.15. The van der Waals surface area contributed by atoms with E-state index in [4.69, 9.17) is 9.47 Å². The van der Waals surface area contributed by atoms with E-state index in [1.165, 1.54) is 12.8 Å². The lowest BCUT2D eigenvalue weighted by atomic mass is 9.93. The second-order valence-electron chi connectivity index (χ2n) is 5.22. The highest BCUT2D eigenvalue weighted by Crippen LogP contribution is 2.33. The molecule has 1 aliphatic rings. The minimum Gasteiger partial charge on any atom is -0.493 e. The third-order valence-electron chi connectivity index (χ3n) is 4.07. The Bertz CT molecular complexity index is 490. The van der Waals surface area contributed by atoms with Crippen molar-refractivity contribution in [1.29, 1.82) is 5.26 Å². The highest BCUT2D eigenvalue weighted by Gasteiger charge is 2.28. The van der Waals surface area contributed by atoms with Crippen LogP contribution in [0.25, 0.3) is 0 Å². The monoisotopic (exact) mass is 274 g/mol. The van der Waals surface area contributed by atoms with Crippen LogP contribution in [0.3, 0.4) is 0 Å². The molecule has 0 N–H and O–H groups in total. The van der Waals surface area contributed by atoms with Crippen LogP contribution in [0.4, 0.5) is 0 Å². The first kappa shape index (κ1) is 14.7. The molecule has 108 valence electrons. The van der Waals surface area contributed by atoms with Gasteiger partial charge in [0, 0.05) is 5.92 Å². The van der Waals surface area contributed by atoms with E-state index >= 15 is 0 Å². The van der Waals surface area contributed by atoms with Crippen LogP contribution in [0, 0.1) is 11.3 Å². The molecule has 1 aliphatic heterocycles. The molecule has 1 fully saturated rings. The molecule has 1 aromatic carbocycles. The minimum absolute atomic E-state index is 0.0735. The predicted molar refractivity (Wildman–Crippen MR) is 78.2 cm³/mol. The molecule has 0 spiro atoms. The SMILES string of the molecule is COc1ccc(C(C)C(C#N)N2CCCC2)cc1OC.